The predicted octanol–water partition coefficient (Wildman–Crippen LogP) is 1.12. The third-order valence-corrected chi connectivity index (χ3v) is 3.05. The van der Waals surface area contributed by atoms with Crippen molar-refractivity contribution in [2.75, 3.05) is 19.0 Å². The quantitative estimate of drug-likeness (QED) is 0.877. The van der Waals surface area contributed by atoms with Crippen molar-refractivity contribution < 1.29 is 0 Å². The molecule has 1 aromatic carbocycles. The minimum Gasteiger partial charge on any atom is -0.378 e. The number of benzene rings is 1. The zero-order chi connectivity index (χ0) is 13.1. The van der Waals surface area contributed by atoms with E-state index in [0.29, 0.717) is 6.42 Å². The van der Waals surface area contributed by atoms with E-state index in [0.717, 1.165) is 11.4 Å². The first-order valence-electron chi connectivity index (χ1n) is 5.93. The van der Waals surface area contributed by atoms with Gasteiger partial charge in [-0.05, 0) is 17.7 Å². The summed E-state index contributed by atoms with van der Waals surface area (Å²) in [5.41, 5.74) is 8.47. The van der Waals surface area contributed by atoms with Crippen molar-refractivity contribution in [1.82, 2.24) is 14.8 Å². The molecular formula is C13H19N5. The van der Waals surface area contributed by atoms with E-state index in [1.54, 1.807) is 11.0 Å². The van der Waals surface area contributed by atoms with Gasteiger partial charge in [0.25, 0.3) is 0 Å². The van der Waals surface area contributed by atoms with Crippen LogP contribution in [0.15, 0.2) is 30.6 Å². The largest absolute Gasteiger partial charge is 0.378 e. The molecule has 1 unspecified atom stereocenters. The Hall–Kier alpha value is -1.88. The lowest BCUT2D eigenvalue weighted by atomic mass is 10.0. The molecule has 0 aliphatic heterocycles. The van der Waals surface area contributed by atoms with Crippen LogP contribution < -0.4 is 10.6 Å². The Kier molecular flexibility index (Phi) is 3.62. The van der Waals surface area contributed by atoms with Gasteiger partial charge in [0.2, 0.25) is 0 Å². The van der Waals surface area contributed by atoms with Crippen molar-refractivity contribution in [3.63, 3.8) is 0 Å². The zero-order valence-corrected chi connectivity index (χ0v) is 11.0. The molecule has 1 aromatic heterocycles. The topological polar surface area (TPSA) is 60.0 Å². The second kappa shape index (κ2) is 5.18. The van der Waals surface area contributed by atoms with E-state index in [2.05, 4.69) is 39.2 Å². The average molecular weight is 245 g/mol. The average Bonchev–Trinajstić information content (AvgIpc) is 2.75. The number of hydrogen-bond donors (Lipinski definition) is 1. The lowest BCUT2D eigenvalue weighted by Crippen LogP contribution is -2.16. The zero-order valence-electron chi connectivity index (χ0n) is 11.0. The first-order valence-corrected chi connectivity index (χ1v) is 5.93. The van der Waals surface area contributed by atoms with Crippen LogP contribution in [0.2, 0.25) is 0 Å². The summed E-state index contributed by atoms with van der Waals surface area (Å²) in [7, 11) is 5.92. The molecule has 1 heterocycles. The predicted molar refractivity (Wildman–Crippen MR) is 72.4 cm³/mol. The van der Waals surface area contributed by atoms with E-state index in [1.807, 2.05) is 21.1 Å². The molecule has 0 radical (unpaired) electrons. The Morgan fingerprint density at radius 1 is 1.28 bits per heavy atom. The highest BCUT2D eigenvalue weighted by Gasteiger charge is 2.10. The van der Waals surface area contributed by atoms with Crippen LogP contribution in [0.25, 0.3) is 0 Å². The van der Waals surface area contributed by atoms with Gasteiger partial charge in [0.05, 0.1) is 0 Å². The Morgan fingerprint density at radius 3 is 2.44 bits per heavy atom. The Morgan fingerprint density at radius 2 is 1.94 bits per heavy atom. The first kappa shape index (κ1) is 12.6. The molecular weight excluding hydrogens is 226 g/mol. The van der Waals surface area contributed by atoms with Crippen molar-refractivity contribution in [3.05, 3.63) is 42.0 Å². The van der Waals surface area contributed by atoms with E-state index in [9.17, 15) is 0 Å². The molecule has 0 bridgehead atoms. The van der Waals surface area contributed by atoms with Crippen LogP contribution in [0.3, 0.4) is 0 Å². The van der Waals surface area contributed by atoms with Crippen LogP contribution in [0, 0.1) is 0 Å². The molecule has 0 fully saturated rings. The summed E-state index contributed by atoms with van der Waals surface area (Å²) in [6.45, 7) is 0. The Balaban J connectivity index is 2.09. The maximum absolute atomic E-state index is 6.19. The fourth-order valence-corrected chi connectivity index (χ4v) is 1.84. The number of rotatable bonds is 4. The van der Waals surface area contributed by atoms with E-state index in [1.165, 1.54) is 5.69 Å². The molecule has 0 aliphatic rings. The molecule has 96 valence electrons. The summed E-state index contributed by atoms with van der Waals surface area (Å²) >= 11 is 0. The minimum absolute atomic E-state index is 0.0517. The SMILES string of the molecule is CN(C)c1ccc(C(N)Cc2ncnn2C)cc1. The Bertz CT molecular complexity index is 500. The Labute approximate surface area is 107 Å². The van der Waals surface area contributed by atoms with Crippen molar-refractivity contribution in [2.24, 2.45) is 12.8 Å². The summed E-state index contributed by atoms with van der Waals surface area (Å²) < 4.78 is 1.76. The molecule has 0 saturated heterocycles. The minimum atomic E-state index is -0.0517. The number of aryl methyl sites for hydroxylation is 1. The van der Waals surface area contributed by atoms with Gasteiger partial charge in [0.1, 0.15) is 12.2 Å². The van der Waals surface area contributed by atoms with Gasteiger partial charge in [-0.3, -0.25) is 4.68 Å². The summed E-state index contributed by atoms with van der Waals surface area (Å²) in [5, 5.41) is 4.04. The van der Waals surface area contributed by atoms with Crippen molar-refractivity contribution in [1.29, 1.82) is 0 Å². The highest BCUT2D eigenvalue weighted by Crippen LogP contribution is 2.18. The third kappa shape index (κ3) is 2.68. The lowest BCUT2D eigenvalue weighted by molar-refractivity contribution is 0.629. The van der Waals surface area contributed by atoms with E-state index < -0.39 is 0 Å². The number of hydrogen-bond acceptors (Lipinski definition) is 4. The summed E-state index contributed by atoms with van der Waals surface area (Å²) in [5.74, 6) is 0.902. The fourth-order valence-electron chi connectivity index (χ4n) is 1.84. The molecule has 18 heavy (non-hydrogen) atoms. The van der Waals surface area contributed by atoms with Gasteiger partial charge in [-0.15, -0.1) is 0 Å². The van der Waals surface area contributed by atoms with E-state index >= 15 is 0 Å². The number of anilines is 1. The summed E-state index contributed by atoms with van der Waals surface area (Å²) in [6, 6.07) is 8.23. The normalized spacial score (nSPS) is 12.4. The van der Waals surface area contributed by atoms with Gasteiger partial charge >= 0.3 is 0 Å². The first-order chi connectivity index (χ1) is 8.58. The van der Waals surface area contributed by atoms with Gasteiger partial charge < -0.3 is 10.6 Å². The smallest absolute Gasteiger partial charge is 0.138 e. The summed E-state index contributed by atoms with van der Waals surface area (Å²) in [4.78, 5) is 6.26. The van der Waals surface area contributed by atoms with Gasteiger partial charge in [-0.1, -0.05) is 12.1 Å². The molecule has 5 heteroatoms. The van der Waals surface area contributed by atoms with Gasteiger partial charge in [0, 0.05) is 39.3 Å². The maximum Gasteiger partial charge on any atom is 0.138 e. The van der Waals surface area contributed by atoms with Crippen LogP contribution >= 0.6 is 0 Å². The molecule has 0 spiro atoms. The van der Waals surface area contributed by atoms with Crippen molar-refractivity contribution >= 4 is 5.69 Å². The number of nitrogens with zero attached hydrogens (tertiary/aromatic N) is 4. The highest BCUT2D eigenvalue weighted by molar-refractivity contribution is 5.46. The monoisotopic (exact) mass is 245 g/mol. The fraction of sp³-hybridized carbons (Fsp3) is 0.385. The molecule has 0 saturated carbocycles. The third-order valence-electron chi connectivity index (χ3n) is 3.05. The lowest BCUT2D eigenvalue weighted by Gasteiger charge is -2.15. The molecule has 0 aliphatic carbocycles. The molecule has 2 N–H and O–H groups in total. The standard InChI is InChI=1S/C13H19N5/c1-17(2)11-6-4-10(5-7-11)12(14)8-13-15-9-16-18(13)3/h4-7,9,12H,8,14H2,1-3H3. The van der Waals surface area contributed by atoms with Crippen LogP contribution in [0.4, 0.5) is 5.69 Å². The number of nitrogens with two attached hydrogens (primary N) is 1. The van der Waals surface area contributed by atoms with Crippen molar-refractivity contribution in [2.45, 2.75) is 12.5 Å². The van der Waals surface area contributed by atoms with Crippen LogP contribution in [-0.2, 0) is 13.5 Å². The number of aromatic nitrogens is 3. The molecule has 1 atom stereocenters. The summed E-state index contributed by atoms with van der Waals surface area (Å²) in [6.07, 6.45) is 2.25. The van der Waals surface area contributed by atoms with Gasteiger partial charge in [-0.25, -0.2) is 4.98 Å². The van der Waals surface area contributed by atoms with Gasteiger partial charge in [-0.2, -0.15) is 5.10 Å². The van der Waals surface area contributed by atoms with E-state index in [-0.39, 0.29) is 6.04 Å². The van der Waals surface area contributed by atoms with Crippen LogP contribution in [-0.4, -0.2) is 28.9 Å². The maximum atomic E-state index is 6.19. The molecule has 2 rings (SSSR count). The van der Waals surface area contributed by atoms with Crippen LogP contribution in [0.5, 0.6) is 0 Å². The van der Waals surface area contributed by atoms with Crippen LogP contribution in [0.1, 0.15) is 17.4 Å². The van der Waals surface area contributed by atoms with E-state index in [4.69, 9.17) is 5.73 Å². The van der Waals surface area contributed by atoms with Gasteiger partial charge in [0.15, 0.2) is 0 Å². The second-order valence-corrected chi connectivity index (χ2v) is 4.60. The molecule has 2 aromatic rings. The highest BCUT2D eigenvalue weighted by atomic mass is 15.3. The molecule has 5 nitrogen and oxygen atoms in total. The second-order valence-electron chi connectivity index (χ2n) is 4.60. The van der Waals surface area contributed by atoms with Crippen molar-refractivity contribution in [3.8, 4) is 0 Å². The molecule has 0 amide bonds.